The summed E-state index contributed by atoms with van der Waals surface area (Å²) >= 11 is 0. The van der Waals surface area contributed by atoms with E-state index in [1.165, 1.54) is 0 Å². The lowest BCUT2D eigenvalue weighted by molar-refractivity contribution is 0.0992. The van der Waals surface area contributed by atoms with Crippen molar-refractivity contribution in [2.24, 2.45) is 0 Å². The lowest BCUT2D eigenvalue weighted by atomic mass is 10.0. The number of amides is 1. The van der Waals surface area contributed by atoms with Crippen LogP contribution in [-0.4, -0.2) is 12.5 Å². The largest absolute Gasteiger partial charge is 0.308 e. The fraction of sp³-hybridized carbons (Fsp3) is 0.188. The third-order valence-electron chi connectivity index (χ3n) is 3.56. The number of hydrogen-bond acceptors (Lipinski definition) is 3. The number of anilines is 1. The highest BCUT2D eigenvalue weighted by molar-refractivity contribution is 6.26. The van der Waals surface area contributed by atoms with Gasteiger partial charge in [-0.15, -0.1) is 0 Å². The van der Waals surface area contributed by atoms with E-state index in [9.17, 15) is 10.1 Å². The van der Waals surface area contributed by atoms with Gasteiger partial charge < -0.3 is 4.90 Å². The van der Waals surface area contributed by atoms with Gasteiger partial charge in [0, 0.05) is 18.4 Å². The summed E-state index contributed by atoms with van der Waals surface area (Å²) in [5.74, 6) is -0.133. The molecule has 20 heavy (non-hydrogen) atoms. The highest BCUT2D eigenvalue weighted by atomic mass is 16.2. The first-order chi connectivity index (χ1) is 9.77. The number of benzene rings is 2. The molecule has 0 fully saturated rings. The monoisotopic (exact) mass is 261 g/mol. The summed E-state index contributed by atoms with van der Waals surface area (Å²) in [6, 6.07) is 13.5. The molecule has 0 aromatic heterocycles. The van der Waals surface area contributed by atoms with Gasteiger partial charge in [-0.3, -0.25) is 4.79 Å². The Morgan fingerprint density at radius 1 is 1.15 bits per heavy atom. The van der Waals surface area contributed by atoms with Gasteiger partial charge in [-0.05, 0) is 23.9 Å². The van der Waals surface area contributed by atoms with E-state index < -0.39 is 0 Å². The van der Waals surface area contributed by atoms with Gasteiger partial charge in [-0.25, -0.2) is 0 Å². The zero-order valence-electron chi connectivity index (χ0n) is 10.8. The van der Waals surface area contributed by atoms with Crippen LogP contribution in [0.3, 0.4) is 0 Å². The second-order valence-corrected chi connectivity index (χ2v) is 4.69. The number of rotatable bonds is 3. The molecule has 0 atom stereocenters. The van der Waals surface area contributed by atoms with E-state index in [0.717, 1.165) is 16.5 Å². The summed E-state index contributed by atoms with van der Waals surface area (Å²) in [7, 11) is 0. The molecule has 0 bridgehead atoms. The zero-order chi connectivity index (χ0) is 14.1. The van der Waals surface area contributed by atoms with Crippen LogP contribution in [0.5, 0.6) is 0 Å². The van der Waals surface area contributed by atoms with Crippen LogP contribution in [0.1, 0.15) is 28.8 Å². The van der Waals surface area contributed by atoms with E-state index in [1.54, 1.807) is 11.0 Å². The van der Waals surface area contributed by atoms with Gasteiger partial charge in [0.05, 0.1) is 29.0 Å². The van der Waals surface area contributed by atoms with Crippen LogP contribution >= 0.6 is 0 Å². The molecule has 0 aliphatic carbocycles. The van der Waals surface area contributed by atoms with Gasteiger partial charge in [0.2, 0.25) is 0 Å². The number of hydrogen-bond donors (Lipinski definition) is 0. The summed E-state index contributed by atoms with van der Waals surface area (Å²) in [6.07, 6.45) is 1.05. The van der Waals surface area contributed by atoms with Gasteiger partial charge in [0.1, 0.15) is 0 Å². The fourth-order valence-electron chi connectivity index (χ4n) is 2.68. The first-order valence-electron chi connectivity index (χ1n) is 6.42. The van der Waals surface area contributed by atoms with E-state index in [0.29, 0.717) is 30.5 Å². The summed E-state index contributed by atoms with van der Waals surface area (Å²) in [5.41, 5.74) is 1.76. The van der Waals surface area contributed by atoms with Crippen molar-refractivity contribution in [2.45, 2.75) is 12.8 Å². The lowest BCUT2D eigenvalue weighted by Gasteiger charge is -2.16. The molecule has 0 saturated heterocycles. The maximum atomic E-state index is 12.5. The predicted molar refractivity (Wildman–Crippen MR) is 75.2 cm³/mol. The molecule has 1 heterocycles. The first-order valence-corrected chi connectivity index (χ1v) is 6.42. The van der Waals surface area contributed by atoms with Gasteiger partial charge in [0.15, 0.2) is 0 Å². The summed E-state index contributed by atoms with van der Waals surface area (Å²) in [4.78, 5) is 14.2. The van der Waals surface area contributed by atoms with Crippen molar-refractivity contribution >= 4 is 22.4 Å². The average Bonchev–Trinajstić information content (AvgIpc) is 2.76. The molecule has 1 aliphatic rings. The molecular formula is C16H11N3O. The highest BCUT2D eigenvalue weighted by Gasteiger charge is 2.31. The molecule has 1 aliphatic heterocycles. The molecule has 4 nitrogen and oxygen atoms in total. The van der Waals surface area contributed by atoms with Crippen molar-refractivity contribution < 1.29 is 4.79 Å². The Labute approximate surface area is 116 Å². The van der Waals surface area contributed by atoms with Crippen LogP contribution in [0.2, 0.25) is 0 Å². The minimum atomic E-state index is -0.133. The number of nitriles is 2. The van der Waals surface area contributed by atoms with E-state index in [-0.39, 0.29) is 5.91 Å². The minimum Gasteiger partial charge on any atom is -0.308 e. The molecule has 0 unspecified atom stereocenters. The van der Waals surface area contributed by atoms with Gasteiger partial charge in [-0.2, -0.15) is 10.5 Å². The number of carbonyl (C=O) groups is 1. The van der Waals surface area contributed by atoms with Crippen LogP contribution in [0, 0.1) is 22.7 Å². The molecule has 3 rings (SSSR count). The molecule has 2 aromatic carbocycles. The Bertz CT molecular complexity index is 796. The Balaban J connectivity index is 2.15. The van der Waals surface area contributed by atoms with Crippen molar-refractivity contribution in [2.75, 3.05) is 11.4 Å². The molecule has 1 amide bonds. The fourth-order valence-corrected chi connectivity index (χ4v) is 2.68. The van der Waals surface area contributed by atoms with E-state index in [2.05, 4.69) is 12.1 Å². The van der Waals surface area contributed by atoms with Crippen LogP contribution in [0.15, 0.2) is 30.3 Å². The standard InChI is InChI=1S/C16H11N3O/c17-8-1-2-9-19-13-5-3-4-11-6-7-12(10-18)15(14(11)13)16(19)20/h3-7H,1-2,9H2. The maximum Gasteiger partial charge on any atom is 0.260 e. The Kier molecular flexibility index (Phi) is 2.85. The van der Waals surface area contributed by atoms with E-state index >= 15 is 0 Å². The van der Waals surface area contributed by atoms with Gasteiger partial charge in [0.25, 0.3) is 5.91 Å². The molecule has 4 heteroatoms. The Hall–Kier alpha value is -2.85. The number of nitrogens with zero attached hydrogens (tertiary/aromatic N) is 3. The second-order valence-electron chi connectivity index (χ2n) is 4.69. The van der Waals surface area contributed by atoms with Crippen molar-refractivity contribution in [3.05, 3.63) is 41.5 Å². The molecule has 0 spiro atoms. The quantitative estimate of drug-likeness (QED) is 0.797. The molecule has 0 N–H and O–H groups in total. The summed E-state index contributed by atoms with van der Waals surface area (Å²) in [5, 5.41) is 19.6. The van der Waals surface area contributed by atoms with Gasteiger partial charge in [-0.1, -0.05) is 18.2 Å². The normalized spacial score (nSPS) is 12.5. The van der Waals surface area contributed by atoms with Crippen molar-refractivity contribution in [1.29, 1.82) is 10.5 Å². The molecule has 0 saturated carbocycles. The van der Waals surface area contributed by atoms with Crippen molar-refractivity contribution in [3.8, 4) is 12.1 Å². The SMILES string of the molecule is N#CCCCN1C(=O)c2c(C#N)ccc3cccc1c23. The molecular weight excluding hydrogens is 250 g/mol. The minimum absolute atomic E-state index is 0.133. The van der Waals surface area contributed by atoms with Crippen molar-refractivity contribution in [3.63, 3.8) is 0 Å². The van der Waals surface area contributed by atoms with Crippen LogP contribution < -0.4 is 4.90 Å². The lowest BCUT2D eigenvalue weighted by Crippen LogP contribution is -2.28. The third kappa shape index (κ3) is 1.63. The maximum absolute atomic E-state index is 12.5. The number of unbranched alkanes of at least 4 members (excludes halogenated alkanes) is 1. The molecule has 0 radical (unpaired) electrons. The van der Waals surface area contributed by atoms with Crippen LogP contribution in [-0.2, 0) is 0 Å². The highest BCUT2D eigenvalue weighted by Crippen LogP contribution is 2.38. The van der Waals surface area contributed by atoms with Crippen LogP contribution in [0.4, 0.5) is 5.69 Å². The second kappa shape index (κ2) is 4.68. The molecule has 2 aromatic rings. The van der Waals surface area contributed by atoms with E-state index in [4.69, 9.17) is 5.26 Å². The topological polar surface area (TPSA) is 67.9 Å². The zero-order valence-corrected chi connectivity index (χ0v) is 10.8. The van der Waals surface area contributed by atoms with E-state index in [1.807, 2.05) is 24.3 Å². The van der Waals surface area contributed by atoms with Crippen molar-refractivity contribution in [1.82, 2.24) is 0 Å². The molecule has 96 valence electrons. The predicted octanol–water partition coefficient (Wildman–Crippen LogP) is 2.98. The smallest absolute Gasteiger partial charge is 0.260 e. The average molecular weight is 261 g/mol. The van der Waals surface area contributed by atoms with Crippen LogP contribution in [0.25, 0.3) is 10.8 Å². The van der Waals surface area contributed by atoms with Gasteiger partial charge >= 0.3 is 0 Å². The number of carbonyl (C=O) groups excluding carboxylic acids is 1. The Morgan fingerprint density at radius 2 is 2.00 bits per heavy atom. The third-order valence-corrected chi connectivity index (χ3v) is 3.56. The summed E-state index contributed by atoms with van der Waals surface area (Å²) < 4.78 is 0. The first kappa shape index (κ1) is 12.2. The Morgan fingerprint density at radius 3 is 2.75 bits per heavy atom. The summed E-state index contributed by atoms with van der Waals surface area (Å²) in [6.45, 7) is 0.505.